The molecule has 0 saturated carbocycles. The van der Waals surface area contributed by atoms with E-state index in [9.17, 15) is 0 Å². The predicted octanol–water partition coefficient (Wildman–Crippen LogP) is 4.11. The largest absolute Gasteiger partial charge is 0.497 e. The number of nitrogens with zero attached hydrogens (tertiary/aromatic N) is 1. The Morgan fingerprint density at radius 3 is 2.65 bits per heavy atom. The molecule has 0 atom stereocenters. The minimum absolute atomic E-state index is 0. The zero-order valence-electron chi connectivity index (χ0n) is 13.8. The number of guanidine groups is 1. The van der Waals surface area contributed by atoms with E-state index < -0.39 is 0 Å². The summed E-state index contributed by atoms with van der Waals surface area (Å²) in [5.74, 6) is 1.25. The summed E-state index contributed by atoms with van der Waals surface area (Å²) in [6.07, 6.45) is 0.996. The monoisotopic (exact) mass is 425 g/mol. The van der Waals surface area contributed by atoms with Gasteiger partial charge in [0.25, 0.3) is 0 Å². The van der Waals surface area contributed by atoms with Crippen LogP contribution in [0.3, 0.4) is 0 Å². The summed E-state index contributed by atoms with van der Waals surface area (Å²) in [4.78, 5) is 4.39. The summed E-state index contributed by atoms with van der Waals surface area (Å²) in [6.45, 7) is 4.68. The van der Waals surface area contributed by atoms with Gasteiger partial charge in [-0.05, 0) is 54.3 Å². The number of aliphatic imine (C=N–C) groups is 1. The lowest BCUT2D eigenvalue weighted by Gasteiger charge is -2.08. The number of hydrogen-bond donors (Lipinski definition) is 2. The van der Waals surface area contributed by atoms with Gasteiger partial charge in [-0.25, -0.2) is 4.99 Å². The van der Waals surface area contributed by atoms with Crippen molar-refractivity contribution in [2.24, 2.45) is 10.7 Å². The summed E-state index contributed by atoms with van der Waals surface area (Å²) in [6, 6.07) is 14.2. The first-order valence-corrected chi connectivity index (χ1v) is 7.41. The van der Waals surface area contributed by atoms with Gasteiger partial charge in [-0.3, -0.25) is 0 Å². The molecule has 0 unspecified atom stereocenters. The average Bonchev–Trinajstić information content (AvgIpc) is 2.52. The van der Waals surface area contributed by atoms with Crippen LogP contribution in [0.2, 0.25) is 0 Å². The molecule has 2 aromatic carbocycles. The van der Waals surface area contributed by atoms with Gasteiger partial charge in [0.05, 0.1) is 13.7 Å². The van der Waals surface area contributed by atoms with E-state index in [1.807, 2.05) is 31.2 Å². The minimum atomic E-state index is 0. The highest BCUT2D eigenvalue weighted by Gasteiger charge is 2.00. The molecule has 2 aromatic rings. The van der Waals surface area contributed by atoms with Crippen molar-refractivity contribution in [2.45, 2.75) is 26.8 Å². The molecule has 0 aliphatic heterocycles. The number of rotatable bonds is 5. The molecule has 0 fully saturated rings. The molecule has 0 aliphatic rings. The van der Waals surface area contributed by atoms with E-state index >= 15 is 0 Å². The third-order valence-electron chi connectivity index (χ3n) is 3.39. The lowest BCUT2D eigenvalue weighted by molar-refractivity contribution is 0.414. The van der Waals surface area contributed by atoms with Crippen molar-refractivity contribution in [3.05, 3.63) is 59.2 Å². The molecule has 0 radical (unpaired) electrons. The molecule has 0 bridgehead atoms. The summed E-state index contributed by atoms with van der Waals surface area (Å²) in [5.41, 5.74) is 10.4. The highest BCUT2D eigenvalue weighted by atomic mass is 127. The summed E-state index contributed by atoms with van der Waals surface area (Å²) >= 11 is 0. The Hall–Kier alpha value is -1.76. The second-order valence-electron chi connectivity index (χ2n) is 5.24. The number of anilines is 1. The van der Waals surface area contributed by atoms with Crippen LogP contribution in [0.15, 0.2) is 47.5 Å². The molecule has 0 aliphatic carbocycles. The second-order valence-corrected chi connectivity index (χ2v) is 5.24. The van der Waals surface area contributed by atoms with E-state index in [4.69, 9.17) is 10.5 Å². The van der Waals surface area contributed by atoms with Crippen molar-refractivity contribution in [1.29, 1.82) is 0 Å². The molecular weight excluding hydrogens is 401 g/mol. The molecule has 124 valence electrons. The van der Waals surface area contributed by atoms with Gasteiger partial charge in [0.15, 0.2) is 5.96 Å². The molecule has 0 saturated heterocycles. The summed E-state index contributed by atoms with van der Waals surface area (Å²) in [5, 5.41) is 3.13. The quantitative estimate of drug-likeness (QED) is 0.431. The van der Waals surface area contributed by atoms with E-state index in [1.54, 1.807) is 7.11 Å². The first-order valence-electron chi connectivity index (χ1n) is 7.41. The van der Waals surface area contributed by atoms with E-state index in [0.29, 0.717) is 12.5 Å². The van der Waals surface area contributed by atoms with Gasteiger partial charge in [0, 0.05) is 5.69 Å². The fourth-order valence-corrected chi connectivity index (χ4v) is 2.27. The number of benzene rings is 2. The van der Waals surface area contributed by atoms with Crippen molar-refractivity contribution < 1.29 is 4.74 Å². The van der Waals surface area contributed by atoms with Gasteiger partial charge in [-0.1, -0.05) is 25.1 Å². The molecule has 2 rings (SSSR count). The first kappa shape index (κ1) is 19.3. The van der Waals surface area contributed by atoms with E-state index in [2.05, 4.69) is 35.4 Å². The van der Waals surface area contributed by atoms with E-state index in [1.165, 1.54) is 5.56 Å². The van der Waals surface area contributed by atoms with Crippen molar-refractivity contribution in [1.82, 2.24) is 0 Å². The molecule has 3 N–H and O–H groups in total. The van der Waals surface area contributed by atoms with Crippen LogP contribution in [0.25, 0.3) is 0 Å². The van der Waals surface area contributed by atoms with Gasteiger partial charge >= 0.3 is 0 Å². The smallest absolute Gasteiger partial charge is 0.193 e. The van der Waals surface area contributed by atoms with Crippen molar-refractivity contribution in [3.63, 3.8) is 0 Å². The minimum Gasteiger partial charge on any atom is -0.497 e. The molecular formula is C18H24IN3O. The van der Waals surface area contributed by atoms with Crippen molar-refractivity contribution in [3.8, 4) is 5.75 Å². The molecule has 0 spiro atoms. The van der Waals surface area contributed by atoms with E-state index in [0.717, 1.165) is 29.0 Å². The number of aryl methyl sites for hydroxylation is 2. The molecule has 0 heterocycles. The third kappa shape index (κ3) is 6.09. The zero-order chi connectivity index (χ0) is 15.9. The molecule has 0 aromatic heterocycles. The molecule has 0 amide bonds. The topological polar surface area (TPSA) is 59.6 Å². The van der Waals surface area contributed by atoms with Gasteiger partial charge in [-0.15, -0.1) is 24.0 Å². The van der Waals surface area contributed by atoms with Crippen LogP contribution in [-0.4, -0.2) is 13.1 Å². The average molecular weight is 425 g/mol. The number of nitrogens with two attached hydrogens (primary N) is 1. The highest BCUT2D eigenvalue weighted by molar-refractivity contribution is 14.0. The first-order chi connectivity index (χ1) is 10.6. The molecule has 23 heavy (non-hydrogen) atoms. The Kier molecular flexibility index (Phi) is 7.88. The summed E-state index contributed by atoms with van der Waals surface area (Å²) < 4.78 is 5.27. The van der Waals surface area contributed by atoms with E-state index in [-0.39, 0.29) is 24.0 Å². The maximum atomic E-state index is 5.96. The number of methoxy groups -OCH3 is 1. The van der Waals surface area contributed by atoms with Crippen LogP contribution in [0, 0.1) is 6.92 Å². The normalized spacial score (nSPS) is 10.8. The van der Waals surface area contributed by atoms with Crippen molar-refractivity contribution >= 4 is 35.6 Å². The van der Waals surface area contributed by atoms with Crippen LogP contribution in [-0.2, 0) is 13.0 Å². The Balaban J connectivity index is 0.00000264. The fraction of sp³-hybridized carbons (Fsp3) is 0.278. The summed E-state index contributed by atoms with van der Waals surface area (Å²) in [7, 11) is 1.67. The van der Waals surface area contributed by atoms with Crippen LogP contribution in [0.1, 0.15) is 23.6 Å². The molecule has 5 heteroatoms. The number of ether oxygens (including phenoxy) is 1. The van der Waals surface area contributed by atoms with Crippen LogP contribution >= 0.6 is 24.0 Å². The van der Waals surface area contributed by atoms with Gasteiger partial charge in [0.2, 0.25) is 0 Å². The standard InChI is InChI=1S/C18H23N3O.HI/c1-4-14-6-5-7-16(10-14)21-18(19)20-12-15-8-13(2)9-17(11-15)22-3;/h5-11H,4,12H2,1-3H3,(H3,19,20,21);1H. The Labute approximate surface area is 155 Å². The van der Waals surface area contributed by atoms with Crippen LogP contribution in [0.5, 0.6) is 5.75 Å². The van der Waals surface area contributed by atoms with Crippen LogP contribution < -0.4 is 15.8 Å². The third-order valence-corrected chi connectivity index (χ3v) is 3.39. The predicted molar refractivity (Wildman–Crippen MR) is 108 cm³/mol. The van der Waals surface area contributed by atoms with Gasteiger partial charge < -0.3 is 15.8 Å². The Bertz CT molecular complexity index is 671. The van der Waals surface area contributed by atoms with Gasteiger partial charge in [0.1, 0.15) is 5.75 Å². The zero-order valence-corrected chi connectivity index (χ0v) is 16.1. The lowest BCUT2D eigenvalue weighted by atomic mass is 10.1. The van der Waals surface area contributed by atoms with Crippen molar-refractivity contribution in [2.75, 3.05) is 12.4 Å². The molecule has 4 nitrogen and oxygen atoms in total. The second kappa shape index (κ2) is 9.39. The number of halogens is 1. The van der Waals surface area contributed by atoms with Crippen LogP contribution in [0.4, 0.5) is 5.69 Å². The highest BCUT2D eigenvalue weighted by Crippen LogP contribution is 2.17. The van der Waals surface area contributed by atoms with Gasteiger partial charge in [-0.2, -0.15) is 0 Å². The lowest BCUT2D eigenvalue weighted by Crippen LogP contribution is -2.22. The Morgan fingerprint density at radius 2 is 1.96 bits per heavy atom. The number of hydrogen-bond acceptors (Lipinski definition) is 2. The Morgan fingerprint density at radius 1 is 1.17 bits per heavy atom. The maximum absolute atomic E-state index is 5.96. The SMILES string of the molecule is CCc1cccc(NC(N)=NCc2cc(C)cc(OC)c2)c1.I. The number of nitrogens with one attached hydrogen (secondary N) is 1. The maximum Gasteiger partial charge on any atom is 0.193 e. The fourth-order valence-electron chi connectivity index (χ4n) is 2.27.